The maximum Gasteiger partial charge on any atom is 0.257 e. The molecule has 3 nitrogen and oxygen atoms in total. The van der Waals surface area contributed by atoms with Gasteiger partial charge in [-0.15, -0.1) is 0 Å². The predicted octanol–water partition coefficient (Wildman–Crippen LogP) is 4.84. The molecule has 2 N–H and O–H groups in total. The first kappa shape index (κ1) is 16.0. The van der Waals surface area contributed by atoms with Gasteiger partial charge in [0.1, 0.15) is 11.3 Å². The number of benzene rings is 2. The van der Waals surface area contributed by atoms with E-state index in [1.54, 1.807) is 0 Å². The van der Waals surface area contributed by atoms with E-state index in [4.69, 9.17) is 34.8 Å². The van der Waals surface area contributed by atoms with E-state index < -0.39 is 5.91 Å². The Morgan fingerprint density at radius 3 is 2.38 bits per heavy atom. The third-order valence-electron chi connectivity index (χ3n) is 3.02. The van der Waals surface area contributed by atoms with E-state index in [-0.39, 0.29) is 32.4 Å². The van der Waals surface area contributed by atoms with E-state index in [0.29, 0.717) is 0 Å². The van der Waals surface area contributed by atoms with Crippen molar-refractivity contribution in [2.24, 2.45) is 0 Å². The largest absolute Gasteiger partial charge is 0.505 e. The van der Waals surface area contributed by atoms with E-state index in [9.17, 15) is 9.90 Å². The minimum atomic E-state index is -0.543. The van der Waals surface area contributed by atoms with Crippen LogP contribution in [0.25, 0.3) is 0 Å². The second-order valence-corrected chi connectivity index (χ2v) is 5.68. The van der Waals surface area contributed by atoms with Crippen LogP contribution in [0.5, 0.6) is 5.75 Å². The number of hydrogen-bond acceptors (Lipinski definition) is 2. The topological polar surface area (TPSA) is 49.3 Å². The first-order valence-electron chi connectivity index (χ1n) is 6.14. The van der Waals surface area contributed by atoms with Gasteiger partial charge in [0, 0.05) is 0 Å². The van der Waals surface area contributed by atoms with Crippen LogP contribution in [0.3, 0.4) is 0 Å². The summed E-state index contributed by atoms with van der Waals surface area (Å²) in [6.45, 7) is 1.82. The van der Waals surface area contributed by atoms with Crippen molar-refractivity contribution in [3.63, 3.8) is 0 Å². The monoisotopic (exact) mass is 343 g/mol. The zero-order chi connectivity index (χ0) is 15.6. The summed E-state index contributed by atoms with van der Waals surface area (Å²) in [5.41, 5.74) is 0.798. The van der Waals surface area contributed by atoms with Gasteiger partial charge in [-0.1, -0.05) is 65.1 Å². The molecule has 0 spiro atoms. The Labute approximate surface area is 137 Å². The fourth-order valence-corrected chi connectivity index (χ4v) is 2.58. The van der Waals surface area contributed by atoms with Gasteiger partial charge in [-0.2, -0.15) is 0 Å². The van der Waals surface area contributed by atoms with E-state index in [2.05, 4.69) is 5.32 Å². The summed E-state index contributed by atoms with van der Waals surface area (Å²) in [5.74, 6) is -0.929. The summed E-state index contributed by atoms with van der Waals surface area (Å²) in [7, 11) is 0. The Bertz CT molecular complexity index is 648. The predicted molar refractivity (Wildman–Crippen MR) is 85.5 cm³/mol. The molecule has 0 heterocycles. The van der Waals surface area contributed by atoms with Crippen LogP contribution < -0.4 is 5.32 Å². The average Bonchev–Trinajstić information content (AvgIpc) is 2.46. The molecule has 2 aromatic carbocycles. The molecule has 1 amide bonds. The van der Waals surface area contributed by atoms with Crippen LogP contribution in [-0.2, 0) is 0 Å². The van der Waals surface area contributed by atoms with Gasteiger partial charge in [-0.05, 0) is 18.6 Å². The van der Waals surface area contributed by atoms with Crippen molar-refractivity contribution in [1.29, 1.82) is 0 Å². The smallest absolute Gasteiger partial charge is 0.257 e. The van der Waals surface area contributed by atoms with Crippen LogP contribution in [-0.4, -0.2) is 11.0 Å². The normalized spacial score (nSPS) is 12.0. The number of phenolic OH excluding ortho intramolecular Hbond substituents is 1. The average molecular weight is 345 g/mol. The SMILES string of the molecule is CC(NC(=O)c1c(O)c(Cl)cc(Cl)c1Cl)c1ccccc1. The maximum atomic E-state index is 12.3. The van der Waals surface area contributed by atoms with Crippen molar-refractivity contribution < 1.29 is 9.90 Å². The van der Waals surface area contributed by atoms with E-state index in [0.717, 1.165) is 5.56 Å². The molecule has 2 aromatic rings. The molecule has 110 valence electrons. The fourth-order valence-electron chi connectivity index (χ4n) is 1.89. The Balaban J connectivity index is 2.30. The molecular formula is C15H12Cl3NO2. The maximum absolute atomic E-state index is 12.3. The number of rotatable bonds is 3. The molecule has 0 aliphatic carbocycles. The molecule has 2 rings (SSSR count). The van der Waals surface area contributed by atoms with Crippen LogP contribution >= 0.6 is 34.8 Å². The highest BCUT2D eigenvalue weighted by molar-refractivity contribution is 6.45. The molecule has 0 aliphatic heterocycles. The highest BCUT2D eigenvalue weighted by Crippen LogP contribution is 2.38. The zero-order valence-corrected chi connectivity index (χ0v) is 13.3. The van der Waals surface area contributed by atoms with Gasteiger partial charge in [0.15, 0.2) is 0 Å². The molecule has 0 saturated heterocycles. The summed E-state index contributed by atoms with van der Waals surface area (Å²) in [5, 5.41) is 12.7. The molecule has 6 heteroatoms. The lowest BCUT2D eigenvalue weighted by atomic mass is 10.1. The number of amides is 1. The van der Waals surface area contributed by atoms with Crippen molar-refractivity contribution in [1.82, 2.24) is 5.32 Å². The highest BCUT2D eigenvalue weighted by Gasteiger charge is 2.22. The molecule has 0 radical (unpaired) electrons. The summed E-state index contributed by atoms with van der Waals surface area (Å²) >= 11 is 17.7. The van der Waals surface area contributed by atoms with Gasteiger partial charge < -0.3 is 10.4 Å². The van der Waals surface area contributed by atoms with Gasteiger partial charge in [0.05, 0.1) is 21.1 Å². The van der Waals surface area contributed by atoms with Gasteiger partial charge in [0.25, 0.3) is 5.91 Å². The lowest BCUT2D eigenvalue weighted by Gasteiger charge is -2.16. The van der Waals surface area contributed by atoms with E-state index in [1.165, 1.54) is 6.07 Å². The summed E-state index contributed by atoms with van der Waals surface area (Å²) in [6, 6.07) is 10.4. The van der Waals surface area contributed by atoms with Crippen LogP contribution in [0.1, 0.15) is 28.9 Å². The fraction of sp³-hybridized carbons (Fsp3) is 0.133. The van der Waals surface area contributed by atoms with Crippen molar-refractivity contribution in [2.45, 2.75) is 13.0 Å². The van der Waals surface area contributed by atoms with Crippen LogP contribution in [0.15, 0.2) is 36.4 Å². The van der Waals surface area contributed by atoms with Crippen molar-refractivity contribution in [3.8, 4) is 5.75 Å². The van der Waals surface area contributed by atoms with E-state index in [1.807, 2.05) is 37.3 Å². The summed E-state index contributed by atoms with van der Waals surface area (Å²) in [4.78, 5) is 12.3. The van der Waals surface area contributed by atoms with Crippen LogP contribution in [0, 0.1) is 0 Å². The second-order valence-electron chi connectivity index (χ2n) is 4.48. The summed E-state index contributed by atoms with van der Waals surface area (Å²) < 4.78 is 0. The Kier molecular flexibility index (Phi) is 4.99. The summed E-state index contributed by atoms with van der Waals surface area (Å²) in [6.07, 6.45) is 0. The van der Waals surface area contributed by atoms with Crippen LogP contribution in [0.4, 0.5) is 0 Å². The number of phenols is 1. The van der Waals surface area contributed by atoms with Crippen molar-refractivity contribution >= 4 is 40.7 Å². The molecule has 1 atom stereocenters. The number of hydrogen-bond donors (Lipinski definition) is 2. The van der Waals surface area contributed by atoms with Crippen LogP contribution in [0.2, 0.25) is 15.1 Å². The highest BCUT2D eigenvalue weighted by atomic mass is 35.5. The minimum absolute atomic E-state index is 0.0260. The Morgan fingerprint density at radius 2 is 1.76 bits per heavy atom. The molecule has 0 aromatic heterocycles. The molecule has 0 fully saturated rings. The van der Waals surface area contributed by atoms with E-state index >= 15 is 0 Å². The Morgan fingerprint density at radius 1 is 1.14 bits per heavy atom. The van der Waals surface area contributed by atoms with Crippen molar-refractivity contribution in [3.05, 3.63) is 62.6 Å². The zero-order valence-electron chi connectivity index (χ0n) is 11.0. The number of carbonyl (C=O) groups excluding carboxylic acids is 1. The molecule has 0 aliphatic rings. The number of aromatic hydroxyl groups is 1. The quantitative estimate of drug-likeness (QED) is 0.782. The van der Waals surface area contributed by atoms with Gasteiger partial charge >= 0.3 is 0 Å². The number of carbonyl (C=O) groups is 1. The van der Waals surface area contributed by atoms with Gasteiger partial charge in [0.2, 0.25) is 0 Å². The molecular weight excluding hydrogens is 333 g/mol. The third kappa shape index (κ3) is 3.43. The molecule has 0 bridgehead atoms. The lowest BCUT2D eigenvalue weighted by Crippen LogP contribution is -2.27. The van der Waals surface area contributed by atoms with Gasteiger partial charge in [-0.3, -0.25) is 4.79 Å². The van der Waals surface area contributed by atoms with Crippen molar-refractivity contribution in [2.75, 3.05) is 0 Å². The second kappa shape index (κ2) is 6.56. The standard InChI is InChI=1S/C15H12Cl3NO2/c1-8(9-5-3-2-4-6-9)19-15(21)12-13(18)10(16)7-11(17)14(12)20/h2-8,20H,1H3,(H,19,21). The minimum Gasteiger partial charge on any atom is -0.505 e. The first-order chi connectivity index (χ1) is 9.91. The number of halogens is 3. The number of nitrogens with one attached hydrogen (secondary N) is 1. The molecule has 0 saturated carbocycles. The molecule has 1 unspecified atom stereocenters. The van der Waals surface area contributed by atoms with Gasteiger partial charge in [-0.25, -0.2) is 0 Å². The first-order valence-corrected chi connectivity index (χ1v) is 7.27. The lowest BCUT2D eigenvalue weighted by molar-refractivity contribution is 0.0937. The third-order valence-corrected chi connectivity index (χ3v) is 4.10. The Hall–Kier alpha value is -1.42. The molecule has 21 heavy (non-hydrogen) atoms.